The van der Waals surface area contributed by atoms with E-state index in [1.165, 1.54) is 12.7 Å². The average Bonchev–Trinajstić information content (AvgIpc) is 2.83. The Morgan fingerprint density at radius 1 is 1.19 bits per heavy atom. The second-order valence-corrected chi connectivity index (χ2v) is 5.01. The molecular formula is C17H16N2O2. The molecule has 106 valence electrons. The van der Waals surface area contributed by atoms with Gasteiger partial charge in [-0.1, -0.05) is 24.3 Å². The number of aryl methyl sites for hydroxylation is 2. The van der Waals surface area contributed by atoms with E-state index in [9.17, 15) is 4.79 Å². The van der Waals surface area contributed by atoms with Crippen LogP contribution in [-0.2, 0) is 11.8 Å². The van der Waals surface area contributed by atoms with Crippen molar-refractivity contribution in [3.05, 3.63) is 53.6 Å². The van der Waals surface area contributed by atoms with Crippen molar-refractivity contribution in [3.8, 4) is 11.3 Å². The first kappa shape index (κ1) is 13.4. The summed E-state index contributed by atoms with van der Waals surface area (Å²) in [7, 11) is 3.26. The highest BCUT2D eigenvalue weighted by Gasteiger charge is 2.14. The van der Waals surface area contributed by atoms with Gasteiger partial charge in [0.05, 0.1) is 18.2 Å². The number of nitrogens with zero attached hydrogens (tertiary/aromatic N) is 2. The normalized spacial score (nSPS) is 10.8. The zero-order chi connectivity index (χ0) is 15.0. The molecule has 0 N–H and O–H groups in total. The molecule has 0 amide bonds. The molecule has 0 radical (unpaired) electrons. The molecule has 0 aliphatic rings. The Balaban J connectivity index is 2.23. The van der Waals surface area contributed by atoms with Gasteiger partial charge in [0, 0.05) is 18.0 Å². The molecule has 3 aromatic rings. The fourth-order valence-corrected chi connectivity index (χ4v) is 2.54. The van der Waals surface area contributed by atoms with E-state index in [-0.39, 0.29) is 5.97 Å². The number of fused-ring (bicyclic) bond motifs is 1. The maximum absolute atomic E-state index is 11.6. The third-order valence-corrected chi connectivity index (χ3v) is 3.67. The van der Waals surface area contributed by atoms with Gasteiger partial charge in [0.25, 0.3) is 0 Å². The maximum atomic E-state index is 11.6. The highest BCUT2D eigenvalue weighted by atomic mass is 16.5. The van der Waals surface area contributed by atoms with Crippen LogP contribution in [0, 0.1) is 6.92 Å². The van der Waals surface area contributed by atoms with Crippen molar-refractivity contribution in [2.24, 2.45) is 7.05 Å². The third-order valence-electron chi connectivity index (χ3n) is 3.67. The molecule has 4 nitrogen and oxygen atoms in total. The minimum Gasteiger partial charge on any atom is -0.465 e. The monoisotopic (exact) mass is 280 g/mol. The van der Waals surface area contributed by atoms with E-state index in [1.807, 2.05) is 31.3 Å². The lowest BCUT2D eigenvalue weighted by Gasteiger charge is -2.03. The van der Waals surface area contributed by atoms with Gasteiger partial charge < -0.3 is 4.74 Å². The van der Waals surface area contributed by atoms with Gasteiger partial charge >= 0.3 is 5.97 Å². The fraction of sp³-hybridized carbons (Fsp3) is 0.176. The number of benzene rings is 2. The van der Waals surface area contributed by atoms with Crippen LogP contribution in [0.25, 0.3) is 22.2 Å². The molecule has 1 aromatic heterocycles. The molecule has 1 heterocycles. The summed E-state index contributed by atoms with van der Waals surface area (Å²) in [6.45, 7) is 2.07. The smallest absolute Gasteiger partial charge is 0.337 e. The fourth-order valence-electron chi connectivity index (χ4n) is 2.54. The van der Waals surface area contributed by atoms with Crippen LogP contribution < -0.4 is 0 Å². The number of carbonyl (C=O) groups is 1. The Morgan fingerprint density at radius 3 is 2.67 bits per heavy atom. The average molecular weight is 280 g/mol. The van der Waals surface area contributed by atoms with Crippen LogP contribution >= 0.6 is 0 Å². The third kappa shape index (κ3) is 2.18. The van der Waals surface area contributed by atoms with Crippen molar-refractivity contribution in [2.75, 3.05) is 7.11 Å². The van der Waals surface area contributed by atoms with Crippen LogP contribution in [0.5, 0.6) is 0 Å². The minimum absolute atomic E-state index is 0.337. The molecule has 0 aliphatic heterocycles. The molecule has 3 rings (SSSR count). The van der Waals surface area contributed by atoms with E-state index < -0.39 is 0 Å². The molecule has 2 aromatic carbocycles. The zero-order valence-corrected chi connectivity index (χ0v) is 12.3. The minimum atomic E-state index is -0.337. The molecule has 0 aliphatic carbocycles. The van der Waals surface area contributed by atoms with E-state index in [0.29, 0.717) is 5.56 Å². The number of hydrogen-bond donors (Lipinski definition) is 0. The second-order valence-electron chi connectivity index (χ2n) is 5.01. The lowest BCUT2D eigenvalue weighted by Crippen LogP contribution is -2.01. The topological polar surface area (TPSA) is 44.1 Å². The number of esters is 1. The van der Waals surface area contributed by atoms with Gasteiger partial charge in [-0.15, -0.1) is 0 Å². The summed E-state index contributed by atoms with van der Waals surface area (Å²) >= 11 is 0. The molecule has 0 fully saturated rings. The van der Waals surface area contributed by atoms with E-state index in [2.05, 4.69) is 24.2 Å². The van der Waals surface area contributed by atoms with Crippen molar-refractivity contribution in [1.82, 2.24) is 9.78 Å². The second kappa shape index (κ2) is 5.05. The van der Waals surface area contributed by atoms with Crippen LogP contribution in [0.4, 0.5) is 0 Å². The van der Waals surface area contributed by atoms with Gasteiger partial charge in [-0.2, -0.15) is 5.10 Å². The van der Waals surface area contributed by atoms with Gasteiger partial charge in [0.2, 0.25) is 0 Å². The van der Waals surface area contributed by atoms with Gasteiger partial charge in [-0.25, -0.2) is 4.79 Å². The van der Waals surface area contributed by atoms with Crippen molar-refractivity contribution >= 4 is 16.9 Å². The van der Waals surface area contributed by atoms with Crippen LogP contribution in [0.2, 0.25) is 0 Å². The van der Waals surface area contributed by atoms with Gasteiger partial charge in [-0.05, 0) is 30.7 Å². The molecule has 0 bridgehead atoms. The predicted octanol–water partition coefficient (Wildman–Crippen LogP) is 3.34. The molecule has 0 atom stereocenters. The van der Waals surface area contributed by atoms with Crippen molar-refractivity contribution < 1.29 is 9.53 Å². The standard InChI is InChI=1S/C17H16N2O2/c1-11-6-4-5-7-13(11)16-14-9-8-12(17(20)21-3)10-15(14)19(2)18-16/h4-10H,1-3H3. The number of hydrogen-bond acceptors (Lipinski definition) is 3. The summed E-state index contributed by atoms with van der Waals surface area (Å²) in [6, 6.07) is 13.7. The number of rotatable bonds is 2. The summed E-state index contributed by atoms with van der Waals surface area (Å²) in [4.78, 5) is 11.6. The first-order valence-electron chi connectivity index (χ1n) is 6.73. The maximum Gasteiger partial charge on any atom is 0.337 e. The van der Waals surface area contributed by atoms with Crippen molar-refractivity contribution in [1.29, 1.82) is 0 Å². The Labute approximate surface area is 123 Å². The zero-order valence-electron chi connectivity index (χ0n) is 12.3. The molecule has 0 spiro atoms. The molecule has 4 heteroatoms. The summed E-state index contributed by atoms with van der Waals surface area (Å²) in [6.07, 6.45) is 0. The summed E-state index contributed by atoms with van der Waals surface area (Å²) in [5.41, 5.74) is 4.66. The van der Waals surface area contributed by atoms with E-state index in [4.69, 9.17) is 4.74 Å². The Morgan fingerprint density at radius 2 is 1.95 bits per heavy atom. The summed E-state index contributed by atoms with van der Waals surface area (Å²) < 4.78 is 6.56. The number of ether oxygens (including phenoxy) is 1. The quantitative estimate of drug-likeness (QED) is 0.676. The summed E-state index contributed by atoms with van der Waals surface area (Å²) in [5, 5.41) is 5.64. The Hall–Kier alpha value is -2.62. The number of carbonyl (C=O) groups excluding carboxylic acids is 1. The van der Waals surface area contributed by atoms with Crippen LogP contribution in [-0.4, -0.2) is 22.9 Å². The van der Waals surface area contributed by atoms with Crippen LogP contribution in [0.1, 0.15) is 15.9 Å². The predicted molar refractivity (Wildman–Crippen MR) is 82.2 cm³/mol. The van der Waals surface area contributed by atoms with Gasteiger partial charge in [0.1, 0.15) is 5.69 Å². The number of aromatic nitrogens is 2. The highest BCUT2D eigenvalue weighted by Crippen LogP contribution is 2.30. The first-order chi connectivity index (χ1) is 10.1. The van der Waals surface area contributed by atoms with E-state index in [1.54, 1.807) is 10.7 Å². The number of methoxy groups -OCH3 is 1. The van der Waals surface area contributed by atoms with Crippen molar-refractivity contribution in [2.45, 2.75) is 6.92 Å². The van der Waals surface area contributed by atoms with Crippen LogP contribution in [0.15, 0.2) is 42.5 Å². The Kier molecular flexibility index (Phi) is 3.22. The largest absolute Gasteiger partial charge is 0.465 e. The molecule has 0 unspecified atom stereocenters. The first-order valence-corrected chi connectivity index (χ1v) is 6.73. The lowest BCUT2D eigenvalue weighted by atomic mass is 10.0. The van der Waals surface area contributed by atoms with Crippen molar-refractivity contribution in [3.63, 3.8) is 0 Å². The molecule has 0 saturated carbocycles. The van der Waals surface area contributed by atoms with E-state index in [0.717, 1.165) is 22.2 Å². The van der Waals surface area contributed by atoms with E-state index >= 15 is 0 Å². The lowest BCUT2D eigenvalue weighted by molar-refractivity contribution is 0.0601. The highest BCUT2D eigenvalue weighted by molar-refractivity contribution is 5.99. The van der Waals surface area contributed by atoms with Gasteiger partial charge in [0.15, 0.2) is 0 Å². The SMILES string of the molecule is COC(=O)c1ccc2c(-c3ccccc3C)nn(C)c2c1. The van der Waals surface area contributed by atoms with Gasteiger partial charge in [-0.3, -0.25) is 4.68 Å². The molecule has 21 heavy (non-hydrogen) atoms. The molecule has 0 saturated heterocycles. The summed E-state index contributed by atoms with van der Waals surface area (Å²) in [5.74, 6) is -0.337. The molecular weight excluding hydrogens is 264 g/mol. The Bertz CT molecular complexity index is 834. The van der Waals surface area contributed by atoms with Crippen LogP contribution in [0.3, 0.4) is 0 Å².